The molecule has 0 aliphatic carbocycles. The summed E-state index contributed by atoms with van der Waals surface area (Å²) in [7, 11) is 0. The van der Waals surface area contributed by atoms with Crippen molar-refractivity contribution < 1.29 is 4.79 Å². The first-order chi connectivity index (χ1) is 13.7. The quantitative estimate of drug-likeness (QED) is 0.570. The van der Waals surface area contributed by atoms with Gasteiger partial charge in [-0.1, -0.05) is 25.1 Å². The predicted molar refractivity (Wildman–Crippen MR) is 110 cm³/mol. The molecule has 5 rings (SSSR count). The van der Waals surface area contributed by atoms with Crippen LogP contribution < -0.4 is 0 Å². The van der Waals surface area contributed by atoms with Crippen LogP contribution in [0.3, 0.4) is 0 Å². The van der Waals surface area contributed by atoms with E-state index >= 15 is 0 Å². The maximum Gasteiger partial charge on any atom is 0.273 e. The first kappa shape index (κ1) is 17.2. The van der Waals surface area contributed by atoms with Gasteiger partial charge < -0.3 is 14.5 Å². The first-order valence-electron chi connectivity index (χ1n) is 9.59. The number of amides is 1. The highest BCUT2D eigenvalue weighted by Gasteiger charge is 2.25. The van der Waals surface area contributed by atoms with E-state index in [2.05, 4.69) is 51.8 Å². The van der Waals surface area contributed by atoms with Crippen molar-refractivity contribution in [3.8, 4) is 10.7 Å². The third-order valence-corrected chi connectivity index (χ3v) is 6.13. The summed E-state index contributed by atoms with van der Waals surface area (Å²) in [6.45, 7) is 4.35. The third kappa shape index (κ3) is 2.82. The number of carbonyl (C=O) groups excluding carboxylic acids is 1. The lowest BCUT2D eigenvalue weighted by atomic mass is 10.1. The number of aromatic nitrogens is 4. The number of hydrogen-bond donors (Lipinski definition) is 1. The van der Waals surface area contributed by atoms with Gasteiger partial charge in [-0.3, -0.25) is 4.79 Å². The van der Waals surface area contributed by atoms with Crippen molar-refractivity contribution >= 4 is 28.1 Å². The molecule has 0 radical (unpaired) electrons. The van der Waals surface area contributed by atoms with Gasteiger partial charge in [0.25, 0.3) is 5.91 Å². The van der Waals surface area contributed by atoms with Crippen molar-refractivity contribution in [3.05, 3.63) is 59.1 Å². The van der Waals surface area contributed by atoms with Crippen LogP contribution >= 0.6 is 11.3 Å². The molecule has 0 saturated heterocycles. The summed E-state index contributed by atoms with van der Waals surface area (Å²) in [6.07, 6.45) is 3.53. The van der Waals surface area contributed by atoms with Crippen molar-refractivity contribution in [2.24, 2.45) is 0 Å². The minimum Gasteiger partial charge on any atom is -0.347 e. The molecule has 142 valence electrons. The van der Waals surface area contributed by atoms with Gasteiger partial charge in [-0.05, 0) is 18.6 Å². The minimum atomic E-state index is -0.0131. The lowest BCUT2D eigenvalue weighted by Gasteiger charge is -2.25. The number of imidazole rings is 1. The molecule has 0 atom stereocenters. The van der Waals surface area contributed by atoms with Gasteiger partial charge in [0, 0.05) is 35.8 Å². The topological polar surface area (TPSA) is 66.8 Å². The number of para-hydroxylation sites is 1. The Morgan fingerprint density at radius 1 is 1.32 bits per heavy atom. The molecule has 3 aromatic heterocycles. The van der Waals surface area contributed by atoms with Gasteiger partial charge in [0.15, 0.2) is 0 Å². The van der Waals surface area contributed by atoms with Crippen LogP contribution in [0.25, 0.3) is 21.6 Å². The molecule has 0 unspecified atom stereocenters. The number of rotatable bonds is 4. The van der Waals surface area contributed by atoms with Crippen LogP contribution in [0, 0.1) is 0 Å². The standard InChI is InChI=1S/C21H21N5OS/c1-2-8-26-18-6-4-3-5-14(18)10-19(26)20-24-17(12-28-20)21(27)25-9-7-15-16(11-25)23-13-22-15/h3-6,10,12-13H,2,7-9,11H2,1H3,(H,22,23). The minimum absolute atomic E-state index is 0.0131. The smallest absolute Gasteiger partial charge is 0.273 e. The van der Waals surface area contributed by atoms with E-state index < -0.39 is 0 Å². The van der Waals surface area contributed by atoms with Crippen LogP contribution in [0.15, 0.2) is 42.0 Å². The van der Waals surface area contributed by atoms with Crippen molar-refractivity contribution in [3.63, 3.8) is 0 Å². The Labute approximate surface area is 166 Å². The van der Waals surface area contributed by atoms with Gasteiger partial charge in [0.1, 0.15) is 10.7 Å². The zero-order valence-electron chi connectivity index (χ0n) is 15.7. The number of aromatic amines is 1. The van der Waals surface area contributed by atoms with Gasteiger partial charge in [-0.25, -0.2) is 9.97 Å². The van der Waals surface area contributed by atoms with Crippen LogP contribution in [-0.4, -0.2) is 36.9 Å². The molecule has 4 aromatic rings. The summed E-state index contributed by atoms with van der Waals surface area (Å²) < 4.78 is 2.31. The second kappa shape index (κ2) is 6.91. The highest BCUT2D eigenvalue weighted by atomic mass is 32.1. The van der Waals surface area contributed by atoms with Crippen LogP contribution in [-0.2, 0) is 19.5 Å². The first-order valence-corrected chi connectivity index (χ1v) is 10.5. The Morgan fingerprint density at radius 2 is 2.21 bits per heavy atom. The molecule has 0 bridgehead atoms. The normalized spacial score (nSPS) is 13.8. The van der Waals surface area contributed by atoms with Gasteiger partial charge in [-0.2, -0.15) is 0 Å². The molecular formula is C21H21N5OS. The molecule has 7 heteroatoms. The Kier molecular flexibility index (Phi) is 4.24. The maximum absolute atomic E-state index is 13.0. The molecule has 1 aliphatic heterocycles. The molecular weight excluding hydrogens is 370 g/mol. The average molecular weight is 392 g/mol. The van der Waals surface area contributed by atoms with Crippen LogP contribution in [0.4, 0.5) is 0 Å². The summed E-state index contributed by atoms with van der Waals surface area (Å²) in [5.74, 6) is -0.0131. The van der Waals surface area contributed by atoms with Crippen molar-refractivity contribution in [1.82, 2.24) is 24.4 Å². The SMILES string of the molecule is CCCn1c(-c2nc(C(=O)N3CCc4nc[nH]c4C3)cs2)cc2ccccc21. The number of hydrogen-bond acceptors (Lipinski definition) is 4. The Bertz CT molecular complexity index is 1150. The van der Waals surface area contributed by atoms with E-state index in [-0.39, 0.29) is 5.91 Å². The van der Waals surface area contributed by atoms with E-state index in [1.165, 1.54) is 22.2 Å². The Balaban J connectivity index is 1.46. The van der Waals surface area contributed by atoms with Crippen molar-refractivity contribution in [2.45, 2.75) is 32.9 Å². The molecule has 1 amide bonds. The van der Waals surface area contributed by atoms with E-state index in [4.69, 9.17) is 4.98 Å². The second-order valence-electron chi connectivity index (χ2n) is 7.08. The number of H-pyrrole nitrogens is 1. The van der Waals surface area contributed by atoms with E-state index in [1.54, 1.807) is 6.33 Å². The van der Waals surface area contributed by atoms with Gasteiger partial charge in [0.2, 0.25) is 0 Å². The summed E-state index contributed by atoms with van der Waals surface area (Å²) in [5, 5.41) is 3.98. The van der Waals surface area contributed by atoms with E-state index in [0.29, 0.717) is 18.8 Å². The number of fused-ring (bicyclic) bond motifs is 2. The monoisotopic (exact) mass is 391 g/mol. The number of thiazole rings is 1. The second-order valence-corrected chi connectivity index (χ2v) is 7.94. The van der Waals surface area contributed by atoms with E-state index in [9.17, 15) is 4.79 Å². The lowest BCUT2D eigenvalue weighted by Crippen LogP contribution is -2.36. The number of aryl methyl sites for hydroxylation is 1. The molecule has 0 fully saturated rings. The molecule has 1 aliphatic rings. The van der Waals surface area contributed by atoms with Gasteiger partial charge in [0.05, 0.1) is 30.0 Å². The van der Waals surface area contributed by atoms with Crippen molar-refractivity contribution in [1.29, 1.82) is 0 Å². The summed E-state index contributed by atoms with van der Waals surface area (Å²) in [4.78, 5) is 27.0. The fourth-order valence-corrected chi connectivity index (χ4v) is 4.71. The zero-order valence-corrected chi connectivity index (χ0v) is 16.5. The number of nitrogens with zero attached hydrogens (tertiary/aromatic N) is 4. The fraction of sp³-hybridized carbons (Fsp3) is 0.286. The van der Waals surface area contributed by atoms with E-state index in [1.807, 2.05) is 10.3 Å². The zero-order chi connectivity index (χ0) is 19.1. The van der Waals surface area contributed by atoms with Crippen LogP contribution in [0.5, 0.6) is 0 Å². The molecule has 1 aromatic carbocycles. The van der Waals surface area contributed by atoms with E-state index in [0.717, 1.165) is 41.5 Å². The summed E-state index contributed by atoms with van der Waals surface area (Å²) in [5.41, 5.74) is 4.91. The Morgan fingerprint density at radius 3 is 3.11 bits per heavy atom. The third-order valence-electron chi connectivity index (χ3n) is 5.26. The van der Waals surface area contributed by atoms with Crippen LogP contribution in [0.2, 0.25) is 0 Å². The number of nitrogens with one attached hydrogen (secondary N) is 1. The molecule has 0 saturated carbocycles. The molecule has 28 heavy (non-hydrogen) atoms. The fourth-order valence-electron chi connectivity index (χ4n) is 3.89. The number of benzene rings is 1. The van der Waals surface area contributed by atoms with Gasteiger partial charge >= 0.3 is 0 Å². The summed E-state index contributed by atoms with van der Waals surface area (Å²) in [6, 6.07) is 10.6. The maximum atomic E-state index is 13.0. The van der Waals surface area contributed by atoms with Crippen LogP contribution in [0.1, 0.15) is 35.2 Å². The average Bonchev–Trinajstić information content (AvgIpc) is 3.45. The highest BCUT2D eigenvalue weighted by Crippen LogP contribution is 2.31. The highest BCUT2D eigenvalue weighted by molar-refractivity contribution is 7.13. The predicted octanol–water partition coefficient (Wildman–Crippen LogP) is 4.10. The number of carbonyl (C=O) groups is 1. The molecule has 0 spiro atoms. The van der Waals surface area contributed by atoms with Crippen molar-refractivity contribution in [2.75, 3.05) is 6.54 Å². The summed E-state index contributed by atoms with van der Waals surface area (Å²) >= 11 is 1.54. The molecule has 6 nitrogen and oxygen atoms in total. The molecule has 1 N–H and O–H groups in total. The van der Waals surface area contributed by atoms with Gasteiger partial charge in [-0.15, -0.1) is 11.3 Å². The Hall–Kier alpha value is -2.93. The largest absolute Gasteiger partial charge is 0.347 e. The lowest BCUT2D eigenvalue weighted by molar-refractivity contribution is 0.0727. The molecule has 4 heterocycles.